The van der Waals surface area contributed by atoms with Gasteiger partial charge in [-0.1, -0.05) is 0 Å². The van der Waals surface area contributed by atoms with E-state index in [1.54, 1.807) is 20.8 Å². The molecule has 0 radical (unpaired) electrons. The molecule has 0 bridgehead atoms. The van der Waals surface area contributed by atoms with Crippen LogP contribution in [0, 0.1) is 0 Å². The quantitative estimate of drug-likeness (QED) is 0.754. The van der Waals surface area contributed by atoms with Gasteiger partial charge in [-0.15, -0.1) is 0 Å². The molecule has 0 aromatic heterocycles. The van der Waals surface area contributed by atoms with Crippen LogP contribution in [0.4, 0.5) is 0 Å². The number of likely N-dealkylation sites (N-methyl/N-ethyl adjacent to an activating group) is 1. The summed E-state index contributed by atoms with van der Waals surface area (Å²) in [6, 6.07) is 0.222. The molecule has 2 N–H and O–H groups in total. The predicted octanol–water partition coefficient (Wildman–Crippen LogP) is 0.479. The van der Waals surface area contributed by atoms with Gasteiger partial charge in [0.2, 0.25) is 0 Å². The van der Waals surface area contributed by atoms with Crippen molar-refractivity contribution in [3.63, 3.8) is 0 Å². The average molecular weight is 236 g/mol. The molecule has 5 heteroatoms. The molecule has 0 rings (SSSR count). The molecular formula is C10H24N2O2S. The Bertz CT molecular complexity index is 280. The second-order valence-corrected chi connectivity index (χ2v) is 7.86. The second-order valence-electron chi connectivity index (χ2n) is 5.00. The fraction of sp³-hybridized carbons (Fsp3) is 1.00. The first-order valence-corrected chi connectivity index (χ1v) is 6.89. The largest absolute Gasteiger partial charge is 0.329 e. The summed E-state index contributed by atoms with van der Waals surface area (Å²) < 4.78 is 23.0. The summed E-state index contributed by atoms with van der Waals surface area (Å²) in [5, 5.41) is 0. The number of hydrogen-bond donors (Lipinski definition) is 1. The van der Waals surface area contributed by atoms with Gasteiger partial charge in [0.15, 0.2) is 9.84 Å². The molecule has 0 aliphatic rings. The summed E-state index contributed by atoms with van der Waals surface area (Å²) in [6.07, 6.45) is 0. The highest BCUT2D eigenvalue weighted by atomic mass is 32.2. The van der Waals surface area contributed by atoms with Crippen LogP contribution in [0.5, 0.6) is 0 Å². The van der Waals surface area contributed by atoms with Crippen molar-refractivity contribution in [2.75, 3.05) is 25.9 Å². The maximum atomic E-state index is 11.8. The van der Waals surface area contributed by atoms with Crippen LogP contribution in [-0.4, -0.2) is 50.0 Å². The summed E-state index contributed by atoms with van der Waals surface area (Å²) in [6.45, 7) is 8.27. The molecule has 0 spiro atoms. The Kier molecular flexibility index (Phi) is 5.23. The maximum Gasteiger partial charge on any atom is 0.156 e. The van der Waals surface area contributed by atoms with Crippen LogP contribution in [-0.2, 0) is 9.84 Å². The van der Waals surface area contributed by atoms with E-state index in [-0.39, 0.29) is 11.8 Å². The molecule has 0 saturated carbocycles. The molecule has 92 valence electrons. The van der Waals surface area contributed by atoms with E-state index in [1.165, 1.54) is 0 Å². The lowest BCUT2D eigenvalue weighted by molar-refractivity contribution is 0.277. The van der Waals surface area contributed by atoms with Gasteiger partial charge in [-0.2, -0.15) is 0 Å². The third-order valence-electron chi connectivity index (χ3n) is 2.74. The summed E-state index contributed by atoms with van der Waals surface area (Å²) in [5.74, 6) is 0.192. The van der Waals surface area contributed by atoms with Crippen LogP contribution in [0.2, 0.25) is 0 Å². The zero-order valence-electron chi connectivity index (χ0n) is 10.4. The molecule has 0 saturated heterocycles. The summed E-state index contributed by atoms with van der Waals surface area (Å²) in [4.78, 5) is 1.98. The second kappa shape index (κ2) is 5.27. The van der Waals surface area contributed by atoms with E-state index in [1.807, 2.05) is 18.9 Å². The highest BCUT2D eigenvalue weighted by molar-refractivity contribution is 7.92. The van der Waals surface area contributed by atoms with Crippen LogP contribution in [0.15, 0.2) is 0 Å². The fourth-order valence-electron chi connectivity index (χ4n) is 0.971. The number of sulfone groups is 1. The molecule has 0 fully saturated rings. The lowest BCUT2D eigenvalue weighted by Crippen LogP contribution is -2.41. The molecule has 15 heavy (non-hydrogen) atoms. The van der Waals surface area contributed by atoms with Crippen molar-refractivity contribution < 1.29 is 8.42 Å². The molecular weight excluding hydrogens is 212 g/mol. The van der Waals surface area contributed by atoms with Gasteiger partial charge < -0.3 is 10.6 Å². The van der Waals surface area contributed by atoms with Gasteiger partial charge in [-0.05, 0) is 34.7 Å². The van der Waals surface area contributed by atoms with Crippen LogP contribution in [0.1, 0.15) is 27.7 Å². The molecule has 0 aliphatic heterocycles. The maximum absolute atomic E-state index is 11.8. The van der Waals surface area contributed by atoms with Gasteiger partial charge in [0.25, 0.3) is 0 Å². The summed E-state index contributed by atoms with van der Waals surface area (Å²) in [7, 11) is -1.12. The van der Waals surface area contributed by atoms with E-state index >= 15 is 0 Å². The van der Waals surface area contributed by atoms with Gasteiger partial charge in [-0.3, -0.25) is 0 Å². The van der Waals surface area contributed by atoms with Crippen molar-refractivity contribution in [1.82, 2.24) is 4.90 Å². The van der Waals surface area contributed by atoms with Crippen molar-refractivity contribution in [3.8, 4) is 0 Å². The molecule has 0 aromatic carbocycles. The minimum absolute atomic E-state index is 0.192. The number of rotatable bonds is 5. The Hall–Kier alpha value is -0.130. The van der Waals surface area contributed by atoms with E-state index in [0.29, 0.717) is 13.1 Å². The third-order valence-corrected chi connectivity index (χ3v) is 5.33. The molecule has 0 aromatic rings. The van der Waals surface area contributed by atoms with Gasteiger partial charge in [0.1, 0.15) is 0 Å². The minimum Gasteiger partial charge on any atom is -0.329 e. The normalized spacial score (nSPS) is 15.7. The molecule has 0 heterocycles. The number of nitrogens with zero attached hydrogens (tertiary/aromatic N) is 1. The van der Waals surface area contributed by atoms with Crippen LogP contribution in [0.25, 0.3) is 0 Å². The Morgan fingerprint density at radius 1 is 1.33 bits per heavy atom. The van der Waals surface area contributed by atoms with Gasteiger partial charge >= 0.3 is 0 Å². The molecule has 4 nitrogen and oxygen atoms in total. The van der Waals surface area contributed by atoms with E-state index in [2.05, 4.69) is 0 Å². The summed E-state index contributed by atoms with van der Waals surface area (Å²) in [5.41, 5.74) is 5.51. The number of hydrogen-bond acceptors (Lipinski definition) is 4. The SMILES string of the molecule is CC(CN)N(C)CCS(=O)(=O)C(C)(C)C. The first-order chi connectivity index (χ1) is 6.62. The highest BCUT2D eigenvalue weighted by Gasteiger charge is 2.28. The molecule has 1 atom stereocenters. The fourth-order valence-corrected chi connectivity index (χ4v) is 2.11. The highest BCUT2D eigenvalue weighted by Crippen LogP contribution is 2.15. The van der Waals surface area contributed by atoms with E-state index in [0.717, 1.165) is 0 Å². The zero-order valence-corrected chi connectivity index (χ0v) is 11.3. The standard InChI is InChI=1S/C10H24N2O2S/c1-9(8-11)12(5)6-7-15(13,14)10(2,3)4/h9H,6-8,11H2,1-5H3. The van der Waals surface area contributed by atoms with Gasteiger partial charge in [-0.25, -0.2) is 8.42 Å². The van der Waals surface area contributed by atoms with Crippen molar-refractivity contribution in [2.45, 2.75) is 38.5 Å². The molecule has 0 amide bonds. The van der Waals surface area contributed by atoms with Crippen molar-refractivity contribution in [1.29, 1.82) is 0 Å². The minimum atomic E-state index is -3.02. The van der Waals surface area contributed by atoms with Crippen molar-refractivity contribution in [3.05, 3.63) is 0 Å². The molecule has 0 aliphatic carbocycles. The van der Waals surface area contributed by atoms with Gasteiger partial charge in [0.05, 0.1) is 10.5 Å². The predicted molar refractivity (Wildman–Crippen MR) is 64.7 cm³/mol. The van der Waals surface area contributed by atoms with Gasteiger partial charge in [0, 0.05) is 19.1 Å². The molecule has 1 unspecified atom stereocenters. The van der Waals surface area contributed by atoms with E-state index in [9.17, 15) is 8.42 Å². The topological polar surface area (TPSA) is 63.4 Å². The first-order valence-electron chi connectivity index (χ1n) is 5.24. The lowest BCUT2D eigenvalue weighted by Gasteiger charge is -2.25. The Morgan fingerprint density at radius 3 is 2.13 bits per heavy atom. The van der Waals surface area contributed by atoms with Crippen LogP contribution in [0.3, 0.4) is 0 Å². The van der Waals surface area contributed by atoms with Crippen LogP contribution >= 0.6 is 0 Å². The Balaban J connectivity index is 4.29. The van der Waals surface area contributed by atoms with Crippen LogP contribution < -0.4 is 5.73 Å². The Labute approximate surface area is 93.7 Å². The first kappa shape index (κ1) is 14.9. The smallest absolute Gasteiger partial charge is 0.156 e. The van der Waals surface area contributed by atoms with Crippen molar-refractivity contribution >= 4 is 9.84 Å². The summed E-state index contributed by atoms with van der Waals surface area (Å²) >= 11 is 0. The average Bonchev–Trinajstić information content (AvgIpc) is 2.11. The lowest BCUT2D eigenvalue weighted by atomic mass is 10.3. The zero-order chi connectivity index (χ0) is 12.3. The third kappa shape index (κ3) is 4.49. The van der Waals surface area contributed by atoms with E-state index < -0.39 is 14.6 Å². The number of nitrogens with two attached hydrogens (primary N) is 1. The monoisotopic (exact) mass is 236 g/mol. The van der Waals surface area contributed by atoms with E-state index in [4.69, 9.17) is 5.73 Å². The Morgan fingerprint density at radius 2 is 1.80 bits per heavy atom. The van der Waals surface area contributed by atoms with Crippen molar-refractivity contribution in [2.24, 2.45) is 5.73 Å².